The van der Waals surface area contributed by atoms with Gasteiger partial charge in [-0.1, -0.05) is 25.1 Å². The fourth-order valence-corrected chi connectivity index (χ4v) is 1.72. The maximum absolute atomic E-state index is 11.0. The van der Waals surface area contributed by atoms with Crippen LogP contribution in [0, 0.1) is 0 Å². The van der Waals surface area contributed by atoms with Crippen LogP contribution < -0.4 is 10.5 Å². The number of benzene rings is 1. The van der Waals surface area contributed by atoms with Crippen molar-refractivity contribution >= 4 is 11.7 Å². The van der Waals surface area contributed by atoms with Gasteiger partial charge in [0, 0.05) is 6.20 Å². The number of pyridine rings is 1. The Bertz CT molecular complexity index is 611. The van der Waals surface area contributed by atoms with E-state index in [0.29, 0.717) is 5.75 Å². The molecule has 2 rings (SSSR count). The molecule has 0 atom stereocenters. The Morgan fingerprint density at radius 3 is 2.79 bits per heavy atom. The van der Waals surface area contributed by atoms with Gasteiger partial charge in [0.2, 0.25) is 5.88 Å². The molecule has 0 radical (unpaired) electrons. The van der Waals surface area contributed by atoms with E-state index < -0.39 is 5.97 Å². The number of aromatic nitrogens is 1. The van der Waals surface area contributed by atoms with Crippen molar-refractivity contribution in [2.24, 2.45) is 0 Å². The third-order valence-corrected chi connectivity index (χ3v) is 2.74. The fourth-order valence-electron chi connectivity index (χ4n) is 1.72. The van der Waals surface area contributed by atoms with E-state index in [4.69, 9.17) is 15.6 Å². The molecule has 3 N–H and O–H groups in total. The summed E-state index contributed by atoms with van der Waals surface area (Å²) in [7, 11) is 0. The van der Waals surface area contributed by atoms with Crippen molar-refractivity contribution in [1.82, 2.24) is 4.98 Å². The van der Waals surface area contributed by atoms with Gasteiger partial charge in [0.15, 0.2) is 0 Å². The van der Waals surface area contributed by atoms with E-state index >= 15 is 0 Å². The fraction of sp³-hybridized carbons (Fsp3) is 0.143. The van der Waals surface area contributed by atoms with Crippen LogP contribution in [0.5, 0.6) is 11.6 Å². The normalized spacial score (nSPS) is 10.2. The van der Waals surface area contributed by atoms with E-state index in [1.54, 1.807) is 6.07 Å². The number of hydrogen-bond donors (Lipinski definition) is 2. The van der Waals surface area contributed by atoms with Crippen molar-refractivity contribution in [2.75, 3.05) is 5.73 Å². The zero-order chi connectivity index (χ0) is 13.8. The van der Waals surface area contributed by atoms with E-state index in [1.807, 2.05) is 25.1 Å². The minimum Gasteiger partial charge on any atom is -0.478 e. The Morgan fingerprint density at radius 2 is 2.11 bits per heavy atom. The zero-order valence-corrected chi connectivity index (χ0v) is 10.5. The second kappa shape index (κ2) is 5.39. The highest BCUT2D eigenvalue weighted by Crippen LogP contribution is 2.29. The standard InChI is InChI=1S/C14H14N2O3/c1-2-9-5-3-4-6-11(9)19-13-12(15)10(14(17)18)7-8-16-13/h3-8H,2,15H2,1H3,(H,17,18). The van der Waals surface area contributed by atoms with Gasteiger partial charge in [0.25, 0.3) is 0 Å². The predicted molar refractivity (Wildman–Crippen MR) is 71.5 cm³/mol. The topological polar surface area (TPSA) is 85.4 Å². The van der Waals surface area contributed by atoms with E-state index in [0.717, 1.165) is 12.0 Å². The van der Waals surface area contributed by atoms with Crippen molar-refractivity contribution in [3.8, 4) is 11.6 Å². The number of nitrogens with zero attached hydrogens (tertiary/aromatic N) is 1. The number of anilines is 1. The molecule has 0 saturated heterocycles. The monoisotopic (exact) mass is 258 g/mol. The van der Waals surface area contributed by atoms with Crippen LogP contribution in [-0.4, -0.2) is 16.1 Å². The predicted octanol–water partition coefficient (Wildman–Crippen LogP) is 2.72. The molecule has 0 spiro atoms. The Hall–Kier alpha value is -2.56. The molecule has 5 heteroatoms. The molecule has 2 aromatic rings. The first kappa shape index (κ1) is 12.9. The summed E-state index contributed by atoms with van der Waals surface area (Å²) in [6.45, 7) is 2.01. The maximum atomic E-state index is 11.0. The molecular formula is C14H14N2O3. The van der Waals surface area contributed by atoms with Gasteiger partial charge in [-0.3, -0.25) is 0 Å². The third-order valence-electron chi connectivity index (χ3n) is 2.74. The molecule has 0 aliphatic heterocycles. The Balaban J connectivity index is 2.39. The summed E-state index contributed by atoms with van der Waals surface area (Å²) in [5.41, 5.74) is 6.77. The van der Waals surface area contributed by atoms with Gasteiger partial charge < -0.3 is 15.6 Å². The van der Waals surface area contributed by atoms with Gasteiger partial charge in [0.05, 0.1) is 5.56 Å². The van der Waals surface area contributed by atoms with Crippen LogP contribution >= 0.6 is 0 Å². The minimum atomic E-state index is -1.10. The molecule has 1 aromatic carbocycles. The molecule has 1 aromatic heterocycles. The van der Waals surface area contributed by atoms with Crippen molar-refractivity contribution in [1.29, 1.82) is 0 Å². The first-order valence-corrected chi connectivity index (χ1v) is 5.87. The number of carboxylic acids is 1. The van der Waals surface area contributed by atoms with Crippen LogP contribution in [0.4, 0.5) is 5.69 Å². The number of para-hydroxylation sites is 1. The van der Waals surface area contributed by atoms with Gasteiger partial charge in [-0.25, -0.2) is 9.78 Å². The lowest BCUT2D eigenvalue weighted by Crippen LogP contribution is -2.05. The molecule has 0 bridgehead atoms. The lowest BCUT2D eigenvalue weighted by Gasteiger charge is -2.11. The SMILES string of the molecule is CCc1ccccc1Oc1nccc(C(=O)O)c1N. The summed E-state index contributed by atoms with van der Waals surface area (Å²) in [6, 6.07) is 8.83. The lowest BCUT2D eigenvalue weighted by molar-refractivity contribution is 0.0697. The number of nitrogens with two attached hydrogens (primary N) is 1. The molecule has 1 heterocycles. The number of hydrogen-bond acceptors (Lipinski definition) is 4. The third kappa shape index (κ3) is 2.65. The van der Waals surface area contributed by atoms with Crippen LogP contribution in [0.3, 0.4) is 0 Å². The Morgan fingerprint density at radius 1 is 1.37 bits per heavy atom. The molecule has 0 fully saturated rings. The van der Waals surface area contributed by atoms with Crippen LogP contribution in [0.1, 0.15) is 22.8 Å². The van der Waals surface area contributed by atoms with Crippen molar-refractivity contribution < 1.29 is 14.6 Å². The highest BCUT2D eigenvalue weighted by atomic mass is 16.5. The van der Waals surface area contributed by atoms with Crippen molar-refractivity contribution in [3.05, 3.63) is 47.7 Å². The summed E-state index contributed by atoms with van der Waals surface area (Å²) in [5.74, 6) is -0.360. The molecule has 0 unspecified atom stereocenters. The minimum absolute atomic E-state index is 0.0148. The molecule has 19 heavy (non-hydrogen) atoms. The number of carboxylic acid groups (broad SMARTS) is 1. The Kier molecular flexibility index (Phi) is 3.66. The summed E-state index contributed by atoms with van der Waals surface area (Å²) < 4.78 is 5.62. The van der Waals surface area contributed by atoms with Crippen LogP contribution in [0.2, 0.25) is 0 Å². The summed E-state index contributed by atoms with van der Waals surface area (Å²) in [4.78, 5) is 15.0. The van der Waals surface area contributed by atoms with E-state index in [2.05, 4.69) is 4.98 Å². The van der Waals surface area contributed by atoms with Gasteiger partial charge in [0.1, 0.15) is 11.4 Å². The zero-order valence-electron chi connectivity index (χ0n) is 10.5. The lowest BCUT2D eigenvalue weighted by atomic mass is 10.1. The summed E-state index contributed by atoms with van der Waals surface area (Å²) in [6.07, 6.45) is 2.17. The van der Waals surface area contributed by atoms with E-state index in [-0.39, 0.29) is 17.1 Å². The van der Waals surface area contributed by atoms with Crippen LogP contribution in [0.25, 0.3) is 0 Å². The van der Waals surface area contributed by atoms with E-state index in [9.17, 15) is 4.79 Å². The number of nitrogen functional groups attached to an aromatic ring is 1. The first-order valence-electron chi connectivity index (χ1n) is 5.87. The molecule has 0 saturated carbocycles. The molecule has 5 nitrogen and oxygen atoms in total. The quantitative estimate of drug-likeness (QED) is 0.880. The van der Waals surface area contributed by atoms with Gasteiger partial charge in [-0.15, -0.1) is 0 Å². The molecule has 0 aliphatic carbocycles. The highest BCUT2D eigenvalue weighted by Gasteiger charge is 2.14. The number of aromatic carboxylic acids is 1. The van der Waals surface area contributed by atoms with Gasteiger partial charge >= 0.3 is 5.97 Å². The number of rotatable bonds is 4. The average Bonchev–Trinajstić information content (AvgIpc) is 2.41. The second-order valence-electron chi connectivity index (χ2n) is 3.95. The average molecular weight is 258 g/mol. The van der Waals surface area contributed by atoms with E-state index in [1.165, 1.54) is 12.3 Å². The van der Waals surface area contributed by atoms with Crippen molar-refractivity contribution in [2.45, 2.75) is 13.3 Å². The molecule has 98 valence electrons. The smallest absolute Gasteiger partial charge is 0.338 e. The molecule has 0 amide bonds. The van der Waals surface area contributed by atoms with Gasteiger partial charge in [-0.05, 0) is 24.1 Å². The largest absolute Gasteiger partial charge is 0.478 e. The number of ether oxygens (including phenoxy) is 1. The maximum Gasteiger partial charge on any atom is 0.338 e. The highest BCUT2D eigenvalue weighted by molar-refractivity contribution is 5.94. The van der Waals surface area contributed by atoms with Crippen LogP contribution in [0.15, 0.2) is 36.5 Å². The van der Waals surface area contributed by atoms with Crippen molar-refractivity contribution in [3.63, 3.8) is 0 Å². The number of carbonyl (C=O) groups is 1. The first-order chi connectivity index (χ1) is 9.13. The Labute approximate surface area is 110 Å². The second-order valence-corrected chi connectivity index (χ2v) is 3.95. The molecular weight excluding hydrogens is 244 g/mol. The van der Waals surface area contributed by atoms with Gasteiger partial charge in [-0.2, -0.15) is 0 Å². The number of aryl methyl sites for hydroxylation is 1. The van der Waals surface area contributed by atoms with Crippen LogP contribution in [-0.2, 0) is 6.42 Å². The molecule has 0 aliphatic rings. The summed E-state index contributed by atoms with van der Waals surface area (Å²) in [5, 5.41) is 8.99. The summed E-state index contributed by atoms with van der Waals surface area (Å²) >= 11 is 0.